The number of hydrogen-bond donors (Lipinski definition) is 2. The number of nitrogens with zero attached hydrogens (tertiary/aromatic N) is 1. The zero-order valence-corrected chi connectivity index (χ0v) is 17.3. The molecule has 2 N–H and O–H groups in total. The van der Waals surface area contributed by atoms with Crippen molar-refractivity contribution in [3.8, 4) is 0 Å². The van der Waals surface area contributed by atoms with Crippen LogP contribution in [0.4, 0.5) is 5.69 Å². The first-order chi connectivity index (χ1) is 14.0. The third kappa shape index (κ3) is 4.95. The van der Waals surface area contributed by atoms with Crippen LogP contribution in [0.15, 0.2) is 48.5 Å². The van der Waals surface area contributed by atoms with E-state index in [9.17, 15) is 9.59 Å². The summed E-state index contributed by atoms with van der Waals surface area (Å²) >= 11 is 0. The Bertz CT molecular complexity index is 866. The Labute approximate surface area is 172 Å². The topological polar surface area (TPSA) is 70.7 Å². The minimum atomic E-state index is -0.274. The van der Waals surface area contributed by atoms with Gasteiger partial charge in [0.05, 0.1) is 0 Å². The van der Waals surface area contributed by atoms with E-state index in [0.29, 0.717) is 36.7 Å². The molecule has 6 heteroatoms. The summed E-state index contributed by atoms with van der Waals surface area (Å²) in [6.45, 7) is 5.94. The third-order valence-corrected chi connectivity index (χ3v) is 4.90. The zero-order valence-electron chi connectivity index (χ0n) is 17.3. The van der Waals surface area contributed by atoms with Gasteiger partial charge in [0.1, 0.15) is 6.17 Å². The minimum absolute atomic E-state index is 0.0139. The molecule has 6 nitrogen and oxygen atoms in total. The van der Waals surface area contributed by atoms with Gasteiger partial charge in [-0.3, -0.25) is 9.59 Å². The first-order valence-electron chi connectivity index (χ1n) is 10.0. The maximum atomic E-state index is 12.9. The van der Waals surface area contributed by atoms with Crippen LogP contribution in [0.1, 0.15) is 52.7 Å². The lowest BCUT2D eigenvalue weighted by atomic mass is 10.1. The molecular weight excluding hydrogens is 366 g/mol. The maximum absolute atomic E-state index is 12.9. The first kappa shape index (κ1) is 20.9. The molecule has 0 spiro atoms. The Kier molecular flexibility index (Phi) is 6.88. The molecule has 1 aliphatic heterocycles. The molecule has 0 fully saturated rings. The summed E-state index contributed by atoms with van der Waals surface area (Å²) in [5, 5.41) is 6.39. The number of hydrogen-bond acceptors (Lipinski definition) is 4. The fraction of sp³-hybridized carbons (Fsp3) is 0.391. The van der Waals surface area contributed by atoms with Gasteiger partial charge in [-0.05, 0) is 36.6 Å². The Balaban J connectivity index is 1.80. The molecule has 0 radical (unpaired) electrons. The summed E-state index contributed by atoms with van der Waals surface area (Å²) in [5.74, 6) is 0.309. The van der Waals surface area contributed by atoms with E-state index in [2.05, 4.69) is 24.5 Å². The summed E-state index contributed by atoms with van der Waals surface area (Å²) < 4.78 is 5.15. The quantitative estimate of drug-likeness (QED) is 0.636. The van der Waals surface area contributed by atoms with Crippen LogP contribution in [0.25, 0.3) is 0 Å². The van der Waals surface area contributed by atoms with Crippen molar-refractivity contribution in [2.24, 2.45) is 5.92 Å². The molecule has 1 unspecified atom stereocenters. The van der Waals surface area contributed by atoms with Crippen LogP contribution in [0.3, 0.4) is 0 Å². The van der Waals surface area contributed by atoms with Crippen LogP contribution < -0.4 is 10.6 Å². The predicted octanol–water partition coefficient (Wildman–Crippen LogP) is 3.68. The molecule has 3 rings (SSSR count). The molecule has 0 aromatic heterocycles. The molecule has 29 heavy (non-hydrogen) atoms. The lowest BCUT2D eigenvalue weighted by molar-refractivity contribution is 0.0721. The molecule has 0 bridgehead atoms. The Morgan fingerprint density at radius 1 is 1.17 bits per heavy atom. The van der Waals surface area contributed by atoms with Gasteiger partial charge in [-0.2, -0.15) is 0 Å². The Morgan fingerprint density at radius 2 is 1.97 bits per heavy atom. The highest BCUT2D eigenvalue weighted by Crippen LogP contribution is 2.34. The van der Waals surface area contributed by atoms with Gasteiger partial charge in [0.15, 0.2) is 0 Å². The standard InChI is InChI=1S/C23H29N3O3/c1-16(2)15-24-22(27)17-8-6-9-18(14-17)25-21-19-10-4-5-11-20(19)23(28)26(21)12-7-13-29-3/h4-6,8-11,14,16,21,25H,7,12-13,15H2,1-3H3,(H,24,27). The number of amides is 2. The van der Waals surface area contributed by atoms with Gasteiger partial charge in [-0.25, -0.2) is 0 Å². The summed E-state index contributed by atoms with van der Waals surface area (Å²) in [4.78, 5) is 27.1. The second-order valence-corrected chi connectivity index (χ2v) is 7.66. The van der Waals surface area contributed by atoms with E-state index >= 15 is 0 Å². The van der Waals surface area contributed by atoms with E-state index in [1.165, 1.54) is 0 Å². The highest BCUT2D eigenvalue weighted by atomic mass is 16.5. The number of ether oxygens (including phenoxy) is 1. The lowest BCUT2D eigenvalue weighted by Gasteiger charge is -2.27. The van der Waals surface area contributed by atoms with Gasteiger partial charge < -0.3 is 20.3 Å². The van der Waals surface area contributed by atoms with Crippen molar-refractivity contribution >= 4 is 17.5 Å². The van der Waals surface area contributed by atoms with E-state index in [1.807, 2.05) is 47.4 Å². The fourth-order valence-electron chi connectivity index (χ4n) is 3.44. The van der Waals surface area contributed by atoms with Crippen molar-refractivity contribution in [1.29, 1.82) is 0 Å². The SMILES string of the molecule is COCCCN1C(=O)c2ccccc2C1Nc1cccc(C(=O)NCC(C)C)c1. The molecule has 1 atom stereocenters. The summed E-state index contributed by atoms with van der Waals surface area (Å²) in [6, 6.07) is 15.0. The van der Waals surface area contributed by atoms with Crippen molar-refractivity contribution in [2.75, 3.05) is 32.1 Å². The number of rotatable bonds is 9. The van der Waals surface area contributed by atoms with Gasteiger partial charge >= 0.3 is 0 Å². The van der Waals surface area contributed by atoms with Crippen molar-refractivity contribution in [1.82, 2.24) is 10.2 Å². The summed E-state index contributed by atoms with van der Waals surface area (Å²) in [7, 11) is 1.66. The summed E-state index contributed by atoms with van der Waals surface area (Å²) in [5.41, 5.74) is 3.06. The number of nitrogens with one attached hydrogen (secondary N) is 2. The van der Waals surface area contributed by atoms with Crippen molar-refractivity contribution in [3.63, 3.8) is 0 Å². The van der Waals surface area contributed by atoms with Gasteiger partial charge in [0.2, 0.25) is 0 Å². The van der Waals surface area contributed by atoms with Crippen LogP contribution in [0, 0.1) is 5.92 Å². The second-order valence-electron chi connectivity index (χ2n) is 7.66. The molecule has 0 saturated heterocycles. The number of carbonyl (C=O) groups is 2. The molecule has 1 heterocycles. The molecule has 2 amide bonds. The lowest BCUT2D eigenvalue weighted by Crippen LogP contribution is -2.33. The minimum Gasteiger partial charge on any atom is -0.385 e. The molecule has 154 valence electrons. The molecule has 1 aliphatic rings. The van der Waals surface area contributed by atoms with Crippen molar-refractivity contribution in [2.45, 2.75) is 26.4 Å². The highest BCUT2D eigenvalue weighted by molar-refractivity contribution is 5.99. The second kappa shape index (κ2) is 9.56. The number of carbonyl (C=O) groups excluding carboxylic acids is 2. The van der Waals surface area contributed by atoms with Gasteiger partial charge in [-0.15, -0.1) is 0 Å². The van der Waals surface area contributed by atoms with E-state index < -0.39 is 0 Å². The van der Waals surface area contributed by atoms with Crippen LogP contribution in [0.5, 0.6) is 0 Å². The zero-order chi connectivity index (χ0) is 20.8. The molecular formula is C23H29N3O3. The average molecular weight is 396 g/mol. The molecule has 0 saturated carbocycles. The number of anilines is 1. The van der Waals surface area contributed by atoms with E-state index in [4.69, 9.17) is 4.74 Å². The molecule has 0 aliphatic carbocycles. The van der Waals surface area contributed by atoms with Crippen molar-refractivity contribution < 1.29 is 14.3 Å². The summed E-state index contributed by atoms with van der Waals surface area (Å²) in [6.07, 6.45) is 0.482. The van der Waals surface area contributed by atoms with Crippen LogP contribution in [0.2, 0.25) is 0 Å². The largest absolute Gasteiger partial charge is 0.385 e. The Morgan fingerprint density at radius 3 is 2.72 bits per heavy atom. The fourth-order valence-corrected chi connectivity index (χ4v) is 3.44. The first-order valence-corrected chi connectivity index (χ1v) is 10.0. The van der Waals surface area contributed by atoms with E-state index in [0.717, 1.165) is 17.7 Å². The highest BCUT2D eigenvalue weighted by Gasteiger charge is 2.36. The van der Waals surface area contributed by atoms with Gasteiger partial charge in [0.25, 0.3) is 11.8 Å². The van der Waals surface area contributed by atoms with Crippen LogP contribution in [-0.4, -0.2) is 43.5 Å². The Hall–Kier alpha value is -2.86. The normalized spacial score (nSPS) is 15.5. The average Bonchev–Trinajstić information content (AvgIpc) is 2.98. The van der Waals surface area contributed by atoms with Crippen LogP contribution in [-0.2, 0) is 4.74 Å². The predicted molar refractivity (Wildman–Crippen MR) is 114 cm³/mol. The van der Waals surface area contributed by atoms with Gasteiger partial charge in [0, 0.05) is 49.2 Å². The maximum Gasteiger partial charge on any atom is 0.256 e. The molecule has 2 aromatic carbocycles. The number of benzene rings is 2. The smallest absolute Gasteiger partial charge is 0.256 e. The number of fused-ring (bicyclic) bond motifs is 1. The van der Waals surface area contributed by atoms with E-state index in [1.54, 1.807) is 13.2 Å². The van der Waals surface area contributed by atoms with Crippen LogP contribution >= 0.6 is 0 Å². The van der Waals surface area contributed by atoms with Gasteiger partial charge in [-0.1, -0.05) is 38.1 Å². The monoisotopic (exact) mass is 395 g/mol. The third-order valence-electron chi connectivity index (χ3n) is 4.90. The number of methoxy groups -OCH3 is 1. The molecule has 2 aromatic rings. The van der Waals surface area contributed by atoms with E-state index in [-0.39, 0.29) is 18.0 Å². The van der Waals surface area contributed by atoms with Crippen molar-refractivity contribution in [3.05, 3.63) is 65.2 Å².